The van der Waals surface area contributed by atoms with Crippen LogP contribution in [0.3, 0.4) is 0 Å². The molecule has 300 valence electrons. The monoisotopic (exact) mass is 721 g/mol. The summed E-state index contributed by atoms with van der Waals surface area (Å²) in [4.78, 5) is 24.5. The molecule has 0 aromatic carbocycles. The minimum atomic E-state index is -0.801. The smallest absolute Gasteiger partial charge is 0.312 e. The summed E-state index contributed by atoms with van der Waals surface area (Å²) in [6.07, 6.45) is 45.0. The lowest BCUT2D eigenvalue weighted by molar-refractivity contribution is -0.914. The number of quaternary nitrogens is 1. The van der Waals surface area contributed by atoms with E-state index < -0.39 is 23.8 Å². The molecule has 0 aliphatic carbocycles. The summed E-state index contributed by atoms with van der Waals surface area (Å²) in [5.74, 6) is -2.63. The van der Waals surface area contributed by atoms with Crippen LogP contribution in [0.15, 0.2) is 24.3 Å². The van der Waals surface area contributed by atoms with Gasteiger partial charge in [0.05, 0.1) is 26.7 Å². The van der Waals surface area contributed by atoms with Gasteiger partial charge in [-0.15, -0.1) is 0 Å². The van der Waals surface area contributed by atoms with Crippen LogP contribution in [0.4, 0.5) is 0 Å². The van der Waals surface area contributed by atoms with Gasteiger partial charge in [0.15, 0.2) is 0 Å². The minimum absolute atomic E-state index is 0.0718. The number of aliphatic carboxylic acids is 2. The first kappa shape index (κ1) is 49.3. The van der Waals surface area contributed by atoms with Gasteiger partial charge in [0.1, 0.15) is 18.4 Å². The fourth-order valence-electron chi connectivity index (χ4n) is 7.42. The lowest BCUT2D eigenvalue weighted by atomic mass is 9.95. The van der Waals surface area contributed by atoms with Crippen molar-refractivity contribution < 1.29 is 29.4 Å². The molecule has 0 heterocycles. The molecule has 6 heteroatoms. The van der Waals surface area contributed by atoms with Crippen molar-refractivity contribution in [2.45, 2.75) is 206 Å². The topological polar surface area (TPSA) is 94.8 Å². The Morgan fingerprint density at radius 2 is 0.745 bits per heavy atom. The minimum Gasteiger partial charge on any atom is -0.481 e. The summed E-state index contributed by atoms with van der Waals surface area (Å²) in [7, 11) is 1.94. The summed E-state index contributed by atoms with van der Waals surface area (Å²) in [5, 5.41) is 29.9. The maximum atomic E-state index is 12.2. The van der Waals surface area contributed by atoms with E-state index in [4.69, 9.17) is 0 Å². The van der Waals surface area contributed by atoms with Crippen molar-refractivity contribution >= 4 is 11.9 Å². The molecule has 0 aliphatic heterocycles. The highest BCUT2D eigenvalue weighted by Gasteiger charge is 2.34. The van der Waals surface area contributed by atoms with Crippen LogP contribution >= 0.6 is 0 Å². The Labute approximate surface area is 316 Å². The van der Waals surface area contributed by atoms with Crippen molar-refractivity contribution in [1.29, 1.82) is 0 Å². The van der Waals surface area contributed by atoms with E-state index in [0.717, 1.165) is 51.4 Å². The van der Waals surface area contributed by atoms with Gasteiger partial charge in [0.2, 0.25) is 0 Å². The van der Waals surface area contributed by atoms with Gasteiger partial charge in [0, 0.05) is 0 Å². The molecular weight excluding hydrogens is 634 g/mol. The van der Waals surface area contributed by atoms with Crippen LogP contribution in [0.2, 0.25) is 0 Å². The average Bonchev–Trinajstić information content (AvgIpc) is 3.10. The number of hydrogen-bond acceptors (Lipinski definition) is 3. The van der Waals surface area contributed by atoms with Gasteiger partial charge in [0.25, 0.3) is 0 Å². The van der Waals surface area contributed by atoms with Gasteiger partial charge >= 0.3 is 11.9 Å². The van der Waals surface area contributed by atoms with Gasteiger partial charge in [-0.05, 0) is 64.2 Å². The highest BCUT2D eigenvalue weighted by atomic mass is 16.4. The Morgan fingerprint density at radius 3 is 1.02 bits per heavy atom. The summed E-state index contributed by atoms with van der Waals surface area (Å²) in [6, 6.07) is 0. The molecule has 2 unspecified atom stereocenters. The molecule has 0 amide bonds. The molecule has 0 radical (unpaired) electrons. The molecule has 0 saturated carbocycles. The Kier molecular flexibility index (Phi) is 35.5. The average molecular weight is 721 g/mol. The SMILES string of the molecule is CCCCCCCCC=CCCCCCCCCC(C[N+](C)(CCO)CC(CCCCCCCCC=CCCCCCCCC)C(=O)O)C(=O)O. The predicted molar refractivity (Wildman–Crippen MR) is 218 cm³/mol. The quantitative estimate of drug-likeness (QED) is 0.0333. The predicted octanol–water partition coefficient (Wildman–Crippen LogP) is 12.7. The Hall–Kier alpha value is -1.66. The first-order valence-electron chi connectivity index (χ1n) is 22.0. The van der Waals surface area contributed by atoms with Gasteiger partial charge < -0.3 is 19.8 Å². The lowest BCUT2D eigenvalue weighted by Gasteiger charge is -2.38. The first-order chi connectivity index (χ1) is 24.8. The molecule has 0 aromatic heterocycles. The normalized spacial score (nSPS) is 14.4. The van der Waals surface area contributed by atoms with Crippen molar-refractivity contribution in [2.75, 3.05) is 33.3 Å². The molecule has 0 aromatic rings. The van der Waals surface area contributed by atoms with E-state index in [2.05, 4.69) is 38.2 Å². The van der Waals surface area contributed by atoms with Crippen molar-refractivity contribution in [2.24, 2.45) is 11.8 Å². The number of rotatable bonds is 40. The zero-order valence-corrected chi connectivity index (χ0v) is 34.1. The second-order valence-electron chi connectivity index (χ2n) is 16.0. The van der Waals surface area contributed by atoms with Crippen LogP contribution in [0, 0.1) is 11.8 Å². The van der Waals surface area contributed by atoms with Crippen molar-refractivity contribution in [3.05, 3.63) is 24.3 Å². The van der Waals surface area contributed by atoms with E-state index in [-0.39, 0.29) is 6.61 Å². The first-order valence-corrected chi connectivity index (χ1v) is 22.0. The molecule has 0 aliphatic rings. The molecule has 0 rings (SSSR count). The molecule has 0 saturated heterocycles. The van der Waals surface area contributed by atoms with E-state index in [1.165, 1.54) is 128 Å². The number of carboxylic acid groups (broad SMARTS) is 2. The fourth-order valence-corrected chi connectivity index (χ4v) is 7.42. The van der Waals surface area contributed by atoms with E-state index >= 15 is 0 Å². The van der Waals surface area contributed by atoms with Gasteiger partial charge in [-0.1, -0.05) is 167 Å². The van der Waals surface area contributed by atoms with Crippen LogP contribution in [0.1, 0.15) is 206 Å². The molecule has 0 spiro atoms. The van der Waals surface area contributed by atoms with Crippen molar-refractivity contribution in [1.82, 2.24) is 0 Å². The van der Waals surface area contributed by atoms with Gasteiger partial charge in [-0.3, -0.25) is 9.59 Å². The number of unbranched alkanes of at least 4 members (excludes halogenated alkanes) is 24. The third kappa shape index (κ3) is 32.7. The lowest BCUT2D eigenvalue weighted by Crippen LogP contribution is -2.53. The number of aliphatic hydroxyl groups excluding tert-OH is 1. The van der Waals surface area contributed by atoms with E-state index in [1.807, 2.05) is 7.05 Å². The molecule has 2 atom stereocenters. The largest absolute Gasteiger partial charge is 0.481 e. The fraction of sp³-hybridized carbons (Fsp3) is 0.867. The number of nitrogens with zero attached hydrogens (tertiary/aromatic N) is 1. The van der Waals surface area contributed by atoms with E-state index in [1.54, 1.807) is 0 Å². The molecular formula is C45H86NO5+. The zero-order valence-electron chi connectivity index (χ0n) is 34.1. The maximum absolute atomic E-state index is 12.2. The standard InChI is InChI=1S/C45H85NO5/c1-4-6-8-10-12-14-16-18-20-22-24-26-28-30-32-34-36-42(44(48)49)40-46(3,38-39-47)41-43(45(50)51)37-35-33-31-29-27-25-23-21-19-17-15-13-11-9-7-5-2/h18-21,42-43,47H,4-17,22-41H2,1-3H3,(H-,48,49,50,51)/p+1. The summed E-state index contributed by atoms with van der Waals surface area (Å²) < 4.78 is 0.295. The summed E-state index contributed by atoms with van der Waals surface area (Å²) >= 11 is 0. The van der Waals surface area contributed by atoms with E-state index in [9.17, 15) is 24.9 Å². The Morgan fingerprint density at radius 1 is 0.471 bits per heavy atom. The highest BCUT2D eigenvalue weighted by molar-refractivity contribution is 5.70. The number of hydrogen-bond donors (Lipinski definition) is 3. The molecule has 0 bridgehead atoms. The second kappa shape index (κ2) is 36.7. The highest BCUT2D eigenvalue weighted by Crippen LogP contribution is 2.22. The van der Waals surface area contributed by atoms with Crippen LogP contribution in [0.5, 0.6) is 0 Å². The summed E-state index contributed by atoms with van der Waals surface area (Å²) in [5.41, 5.74) is 0. The van der Waals surface area contributed by atoms with Crippen LogP contribution in [-0.4, -0.2) is 65.0 Å². The second-order valence-corrected chi connectivity index (χ2v) is 16.0. The number of likely N-dealkylation sites (N-methyl/N-ethyl adjacent to an activating group) is 1. The van der Waals surface area contributed by atoms with Crippen LogP contribution < -0.4 is 0 Å². The Balaban J connectivity index is 4.26. The number of carboxylic acids is 2. The zero-order chi connectivity index (χ0) is 37.7. The number of allylic oxidation sites excluding steroid dienone is 4. The van der Waals surface area contributed by atoms with Crippen molar-refractivity contribution in [3.63, 3.8) is 0 Å². The molecule has 3 N–H and O–H groups in total. The Bertz CT molecular complexity index is 778. The van der Waals surface area contributed by atoms with E-state index in [0.29, 0.717) is 37.0 Å². The third-order valence-corrected chi connectivity index (χ3v) is 10.8. The number of carbonyl (C=O) groups is 2. The van der Waals surface area contributed by atoms with Gasteiger partial charge in [-0.25, -0.2) is 0 Å². The summed E-state index contributed by atoms with van der Waals surface area (Å²) in [6.45, 7) is 5.58. The maximum Gasteiger partial charge on any atom is 0.312 e. The molecule has 0 fully saturated rings. The van der Waals surface area contributed by atoms with Crippen molar-refractivity contribution in [3.8, 4) is 0 Å². The third-order valence-electron chi connectivity index (χ3n) is 10.8. The van der Waals surface area contributed by atoms with Gasteiger partial charge in [-0.2, -0.15) is 0 Å². The van der Waals surface area contributed by atoms with Crippen LogP contribution in [0.25, 0.3) is 0 Å². The number of aliphatic hydroxyl groups is 1. The van der Waals surface area contributed by atoms with Crippen LogP contribution in [-0.2, 0) is 9.59 Å². The molecule has 6 nitrogen and oxygen atoms in total. The molecule has 51 heavy (non-hydrogen) atoms.